The normalized spacial score (nSPS) is 16.2. The topological polar surface area (TPSA) is 29.5 Å². The smallest absolute Gasteiger partial charge is 0.225 e. The molecule has 3 nitrogen and oxygen atoms in total. The molecule has 0 N–H and O–H groups in total. The van der Waals surface area contributed by atoms with Crippen molar-refractivity contribution in [2.45, 2.75) is 39.5 Å². The first kappa shape index (κ1) is 15.9. The number of amides is 1. The van der Waals surface area contributed by atoms with Crippen LogP contribution in [0.2, 0.25) is 0 Å². The molecule has 0 radical (unpaired) electrons. The van der Waals surface area contributed by atoms with Gasteiger partial charge in [-0.2, -0.15) is 0 Å². The first-order chi connectivity index (χ1) is 10.2. The lowest BCUT2D eigenvalue weighted by atomic mass is 9.95. The standard InChI is InChI=1S/C18H27NO2/c1-3-16(4-2)18(20)19-12-10-15(11-13-19)14-21-17-8-6-5-7-9-17/h5-9,15-16H,3-4,10-14H2,1-2H3. The van der Waals surface area contributed by atoms with Crippen LogP contribution in [-0.2, 0) is 4.79 Å². The largest absolute Gasteiger partial charge is 0.493 e. The number of carbonyl (C=O) groups is 1. The van der Waals surface area contributed by atoms with E-state index in [1.54, 1.807) is 0 Å². The summed E-state index contributed by atoms with van der Waals surface area (Å²) in [5, 5.41) is 0. The second kappa shape index (κ2) is 8.06. The predicted octanol–water partition coefficient (Wildman–Crippen LogP) is 3.74. The maximum atomic E-state index is 12.3. The number of nitrogens with zero attached hydrogens (tertiary/aromatic N) is 1. The maximum Gasteiger partial charge on any atom is 0.225 e. The fraction of sp³-hybridized carbons (Fsp3) is 0.611. The van der Waals surface area contributed by atoms with E-state index in [-0.39, 0.29) is 5.92 Å². The monoisotopic (exact) mass is 289 g/mol. The van der Waals surface area contributed by atoms with Crippen LogP contribution in [0.25, 0.3) is 0 Å². The van der Waals surface area contributed by atoms with Gasteiger partial charge in [-0.05, 0) is 43.7 Å². The molecule has 0 bridgehead atoms. The molecule has 1 fully saturated rings. The van der Waals surface area contributed by atoms with Gasteiger partial charge < -0.3 is 9.64 Å². The van der Waals surface area contributed by atoms with Crippen molar-refractivity contribution in [3.63, 3.8) is 0 Å². The molecule has 1 amide bonds. The number of benzene rings is 1. The zero-order valence-electron chi connectivity index (χ0n) is 13.3. The van der Waals surface area contributed by atoms with E-state index in [4.69, 9.17) is 4.74 Å². The van der Waals surface area contributed by atoms with E-state index >= 15 is 0 Å². The number of ether oxygens (including phenoxy) is 1. The fourth-order valence-corrected chi connectivity index (χ4v) is 2.95. The Labute approximate surface area is 128 Å². The Morgan fingerprint density at radius 3 is 2.38 bits per heavy atom. The lowest BCUT2D eigenvalue weighted by Crippen LogP contribution is -2.42. The SMILES string of the molecule is CCC(CC)C(=O)N1CCC(COc2ccccc2)CC1. The Hall–Kier alpha value is -1.51. The summed E-state index contributed by atoms with van der Waals surface area (Å²) in [6, 6.07) is 9.96. The van der Waals surface area contributed by atoms with E-state index in [0.29, 0.717) is 11.8 Å². The lowest BCUT2D eigenvalue weighted by molar-refractivity contribution is -0.137. The second-order valence-corrected chi connectivity index (χ2v) is 5.91. The van der Waals surface area contributed by atoms with E-state index < -0.39 is 0 Å². The Balaban J connectivity index is 1.74. The van der Waals surface area contributed by atoms with Gasteiger partial charge >= 0.3 is 0 Å². The summed E-state index contributed by atoms with van der Waals surface area (Å²) in [6.45, 7) is 6.74. The van der Waals surface area contributed by atoms with Crippen LogP contribution in [0.15, 0.2) is 30.3 Å². The van der Waals surface area contributed by atoms with Crippen LogP contribution in [0.3, 0.4) is 0 Å². The lowest BCUT2D eigenvalue weighted by Gasteiger charge is -2.33. The van der Waals surface area contributed by atoms with E-state index in [1.165, 1.54) is 0 Å². The van der Waals surface area contributed by atoms with Gasteiger partial charge in [0, 0.05) is 19.0 Å². The zero-order valence-corrected chi connectivity index (χ0v) is 13.3. The van der Waals surface area contributed by atoms with Crippen LogP contribution < -0.4 is 4.74 Å². The molecule has 2 rings (SSSR count). The number of likely N-dealkylation sites (tertiary alicyclic amines) is 1. The molecule has 1 aromatic carbocycles. The summed E-state index contributed by atoms with van der Waals surface area (Å²) in [7, 11) is 0. The fourth-order valence-electron chi connectivity index (χ4n) is 2.95. The Kier molecular flexibility index (Phi) is 6.09. The van der Waals surface area contributed by atoms with E-state index in [2.05, 4.69) is 18.7 Å². The van der Waals surface area contributed by atoms with Crippen molar-refractivity contribution in [2.75, 3.05) is 19.7 Å². The van der Waals surface area contributed by atoms with Gasteiger partial charge in [0.2, 0.25) is 5.91 Å². The molecule has 0 aromatic heterocycles. The number of para-hydroxylation sites is 1. The van der Waals surface area contributed by atoms with E-state index in [1.807, 2.05) is 30.3 Å². The van der Waals surface area contributed by atoms with Crippen molar-refractivity contribution in [1.29, 1.82) is 0 Å². The second-order valence-electron chi connectivity index (χ2n) is 5.91. The Morgan fingerprint density at radius 1 is 1.19 bits per heavy atom. The van der Waals surface area contributed by atoms with Gasteiger partial charge in [0.15, 0.2) is 0 Å². The van der Waals surface area contributed by atoms with Gasteiger partial charge in [-0.15, -0.1) is 0 Å². The molecule has 0 atom stereocenters. The van der Waals surface area contributed by atoms with Crippen molar-refractivity contribution in [3.8, 4) is 5.75 Å². The molecule has 0 spiro atoms. The highest BCUT2D eigenvalue weighted by Gasteiger charge is 2.26. The molecular formula is C18H27NO2. The highest BCUT2D eigenvalue weighted by atomic mass is 16.5. The van der Waals surface area contributed by atoms with Gasteiger partial charge in [-0.1, -0.05) is 32.0 Å². The summed E-state index contributed by atoms with van der Waals surface area (Å²) in [6.07, 6.45) is 4.01. The van der Waals surface area contributed by atoms with Crippen LogP contribution in [0, 0.1) is 11.8 Å². The summed E-state index contributed by atoms with van der Waals surface area (Å²) in [5.74, 6) is 2.06. The minimum absolute atomic E-state index is 0.210. The molecule has 116 valence electrons. The third kappa shape index (κ3) is 4.48. The van der Waals surface area contributed by atoms with Gasteiger partial charge in [0.05, 0.1) is 6.61 Å². The number of piperidine rings is 1. The van der Waals surface area contributed by atoms with Crippen LogP contribution in [-0.4, -0.2) is 30.5 Å². The number of hydrogen-bond donors (Lipinski definition) is 0. The highest BCUT2D eigenvalue weighted by molar-refractivity contribution is 5.78. The average molecular weight is 289 g/mol. The van der Waals surface area contributed by atoms with Gasteiger partial charge in [0.25, 0.3) is 0 Å². The third-order valence-electron chi connectivity index (χ3n) is 4.49. The van der Waals surface area contributed by atoms with Gasteiger partial charge in [-0.25, -0.2) is 0 Å². The molecular weight excluding hydrogens is 262 g/mol. The number of carbonyl (C=O) groups excluding carboxylic acids is 1. The first-order valence-electron chi connectivity index (χ1n) is 8.21. The molecule has 0 saturated carbocycles. The van der Waals surface area contributed by atoms with E-state index in [9.17, 15) is 4.79 Å². The van der Waals surface area contributed by atoms with Crippen LogP contribution in [0.4, 0.5) is 0 Å². The minimum Gasteiger partial charge on any atom is -0.493 e. The quantitative estimate of drug-likeness (QED) is 0.798. The van der Waals surface area contributed by atoms with Crippen molar-refractivity contribution in [1.82, 2.24) is 4.90 Å². The summed E-state index contributed by atoms with van der Waals surface area (Å²) in [4.78, 5) is 14.4. The molecule has 1 aliphatic rings. The maximum absolute atomic E-state index is 12.3. The number of hydrogen-bond acceptors (Lipinski definition) is 2. The predicted molar refractivity (Wildman–Crippen MR) is 85.3 cm³/mol. The van der Waals surface area contributed by atoms with Gasteiger partial charge in [0.1, 0.15) is 5.75 Å². The van der Waals surface area contributed by atoms with Crippen molar-refractivity contribution in [3.05, 3.63) is 30.3 Å². The summed E-state index contributed by atoms with van der Waals surface area (Å²) >= 11 is 0. The van der Waals surface area contributed by atoms with Crippen molar-refractivity contribution >= 4 is 5.91 Å². The Morgan fingerprint density at radius 2 is 1.81 bits per heavy atom. The summed E-state index contributed by atoms with van der Waals surface area (Å²) in [5.41, 5.74) is 0. The summed E-state index contributed by atoms with van der Waals surface area (Å²) < 4.78 is 5.83. The van der Waals surface area contributed by atoms with Crippen molar-refractivity contribution in [2.24, 2.45) is 11.8 Å². The Bertz CT molecular complexity index is 420. The first-order valence-corrected chi connectivity index (χ1v) is 8.21. The molecule has 1 aliphatic heterocycles. The van der Waals surface area contributed by atoms with Gasteiger partial charge in [-0.3, -0.25) is 4.79 Å². The zero-order chi connectivity index (χ0) is 15.1. The molecule has 1 aromatic rings. The number of rotatable bonds is 6. The molecule has 0 unspecified atom stereocenters. The minimum atomic E-state index is 0.210. The molecule has 21 heavy (non-hydrogen) atoms. The average Bonchev–Trinajstić information content (AvgIpc) is 2.55. The molecule has 1 heterocycles. The van der Waals surface area contributed by atoms with E-state index in [0.717, 1.165) is 51.1 Å². The van der Waals surface area contributed by atoms with Crippen molar-refractivity contribution < 1.29 is 9.53 Å². The highest BCUT2D eigenvalue weighted by Crippen LogP contribution is 2.22. The molecule has 0 aliphatic carbocycles. The van der Waals surface area contributed by atoms with Crippen LogP contribution in [0.1, 0.15) is 39.5 Å². The van der Waals surface area contributed by atoms with Crippen LogP contribution in [0.5, 0.6) is 5.75 Å². The molecule has 3 heteroatoms. The van der Waals surface area contributed by atoms with Crippen LogP contribution >= 0.6 is 0 Å². The third-order valence-corrected chi connectivity index (χ3v) is 4.49. The molecule has 1 saturated heterocycles.